The second kappa shape index (κ2) is 5.31. The summed E-state index contributed by atoms with van der Waals surface area (Å²) in [6.45, 7) is 0. The van der Waals surface area contributed by atoms with Crippen LogP contribution in [0, 0.1) is 17.7 Å². The van der Waals surface area contributed by atoms with Crippen molar-refractivity contribution < 1.29 is 22.4 Å². The van der Waals surface area contributed by atoms with E-state index in [2.05, 4.69) is 0 Å². The normalized spacial score (nSPS) is 24.2. The average molecular weight is 274 g/mol. The number of alkyl halides is 3. The molecule has 1 aliphatic carbocycles. The predicted molar refractivity (Wildman–Crippen MR) is 62.2 cm³/mol. The maximum atomic E-state index is 12.9. The molecule has 0 amide bonds. The highest BCUT2D eigenvalue weighted by Gasteiger charge is 2.47. The number of carbonyl (C=O) groups excluding carboxylic acids is 1. The Balaban J connectivity index is 2.22. The number of ketones is 1. The third-order valence-corrected chi connectivity index (χ3v) is 3.65. The lowest BCUT2D eigenvalue weighted by Crippen LogP contribution is -2.37. The number of hydrogen-bond donors (Lipinski definition) is 0. The highest BCUT2D eigenvalue weighted by atomic mass is 19.4. The molecule has 0 aromatic heterocycles. The fourth-order valence-corrected chi connectivity index (χ4v) is 2.66. The van der Waals surface area contributed by atoms with Crippen molar-refractivity contribution in [1.82, 2.24) is 0 Å². The predicted octanol–water partition coefficient (Wildman–Crippen LogP) is 4.38. The molecule has 104 valence electrons. The van der Waals surface area contributed by atoms with Gasteiger partial charge in [0.05, 0.1) is 5.92 Å². The van der Waals surface area contributed by atoms with Gasteiger partial charge >= 0.3 is 6.18 Å². The van der Waals surface area contributed by atoms with E-state index in [9.17, 15) is 22.4 Å². The Morgan fingerprint density at radius 1 is 1.05 bits per heavy atom. The third-order valence-electron chi connectivity index (χ3n) is 3.65. The molecular formula is C14H14F4O. The van der Waals surface area contributed by atoms with Crippen molar-refractivity contribution in [2.24, 2.45) is 11.8 Å². The van der Waals surface area contributed by atoms with Gasteiger partial charge in [-0.2, -0.15) is 13.2 Å². The number of carbonyl (C=O) groups is 1. The molecule has 1 nitrogen and oxygen atoms in total. The lowest BCUT2D eigenvalue weighted by atomic mass is 9.75. The molecule has 2 atom stereocenters. The lowest BCUT2D eigenvalue weighted by Gasteiger charge is -2.32. The van der Waals surface area contributed by atoms with Gasteiger partial charge in [-0.15, -0.1) is 0 Å². The summed E-state index contributed by atoms with van der Waals surface area (Å²) in [5.74, 6) is -3.63. The molecule has 0 heterocycles. The van der Waals surface area contributed by atoms with Crippen LogP contribution in [0.25, 0.3) is 0 Å². The van der Waals surface area contributed by atoms with Gasteiger partial charge in [-0.25, -0.2) is 4.39 Å². The van der Waals surface area contributed by atoms with Crippen LogP contribution in [0.1, 0.15) is 36.0 Å². The summed E-state index contributed by atoms with van der Waals surface area (Å²) in [6.07, 6.45) is -2.97. The van der Waals surface area contributed by atoms with Crippen LogP contribution >= 0.6 is 0 Å². The Morgan fingerprint density at radius 2 is 1.63 bits per heavy atom. The number of halogens is 4. The van der Waals surface area contributed by atoms with Crippen LogP contribution in [-0.2, 0) is 0 Å². The summed E-state index contributed by atoms with van der Waals surface area (Å²) in [6, 6.07) is 4.69. The topological polar surface area (TPSA) is 17.1 Å². The first kappa shape index (κ1) is 14.0. The van der Waals surface area contributed by atoms with Crippen LogP contribution in [0.2, 0.25) is 0 Å². The summed E-state index contributed by atoms with van der Waals surface area (Å²) in [4.78, 5) is 12.1. The lowest BCUT2D eigenvalue weighted by molar-refractivity contribution is -0.190. The molecule has 0 bridgehead atoms. The Kier molecular flexibility index (Phi) is 3.92. The monoisotopic (exact) mass is 274 g/mol. The summed E-state index contributed by atoms with van der Waals surface area (Å²) in [7, 11) is 0. The number of Topliss-reactive ketones (excluding diaryl/α,β-unsaturated/α-hetero) is 1. The van der Waals surface area contributed by atoms with Gasteiger partial charge in [0, 0.05) is 11.5 Å². The minimum atomic E-state index is -4.35. The molecule has 0 aliphatic heterocycles. The molecule has 1 aromatic carbocycles. The fourth-order valence-electron chi connectivity index (χ4n) is 2.66. The zero-order chi connectivity index (χ0) is 14.0. The molecule has 1 saturated carbocycles. The fraction of sp³-hybridized carbons (Fsp3) is 0.500. The van der Waals surface area contributed by atoms with Gasteiger partial charge in [0.15, 0.2) is 5.78 Å². The molecule has 0 radical (unpaired) electrons. The van der Waals surface area contributed by atoms with Crippen molar-refractivity contribution in [2.45, 2.75) is 31.9 Å². The molecule has 1 aliphatic rings. The summed E-state index contributed by atoms with van der Waals surface area (Å²) in [5.41, 5.74) is 0.155. The molecule has 19 heavy (non-hydrogen) atoms. The Labute approximate surface area is 108 Å². The van der Waals surface area contributed by atoms with E-state index in [0.29, 0.717) is 12.8 Å². The smallest absolute Gasteiger partial charge is 0.294 e. The molecule has 2 rings (SSSR count). The van der Waals surface area contributed by atoms with Gasteiger partial charge in [-0.05, 0) is 37.1 Å². The van der Waals surface area contributed by atoms with Crippen LogP contribution in [0.15, 0.2) is 24.3 Å². The van der Waals surface area contributed by atoms with Gasteiger partial charge in [0.2, 0.25) is 0 Å². The van der Waals surface area contributed by atoms with Crippen LogP contribution < -0.4 is 0 Å². The molecular weight excluding hydrogens is 260 g/mol. The quantitative estimate of drug-likeness (QED) is 0.578. The minimum absolute atomic E-state index is 0.00109. The van der Waals surface area contributed by atoms with Gasteiger partial charge < -0.3 is 0 Å². The molecule has 1 aromatic rings. The van der Waals surface area contributed by atoms with Crippen LogP contribution in [-0.4, -0.2) is 12.0 Å². The molecule has 0 N–H and O–H groups in total. The first-order valence-corrected chi connectivity index (χ1v) is 6.26. The number of rotatable bonds is 2. The second-order valence-corrected chi connectivity index (χ2v) is 4.91. The average Bonchev–Trinajstić information content (AvgIpc) is 2.38. The second-order valence-electron chi connectivity index (χ2n) is 4.91. The molecule has 0 spiro atoms. The van der Waals surface area contributed by atoms with Crippen LogP contribution in [0.4, 0.5) is 17.6 Å². The third kappa shape index (κ3) is 3.14. The van der Waals surface area contributed by atoms with E-state index >= 15 is 0 Å². The van der Waals surface area contributed by atoms with Crippen molar-refractivity contribution in [3.05, 3.63) is 35.6 Å². The Bertz CT molecular complexity index is 450. The summed E-state index contributed by atoms with van der Waals surface area (Å²) >= 11 is 0. The van der Waals surface area contributed by atoms with Crippen LogP contribution in [0.5, 0.6) is 0 Å². The zero-order valence-electron chi connectivity index (χ0n) is 10.2. The Hall–Kier alpha value is -1.39. The van der Waals surface area contributed by atoms with Crippen molar-refractivity contribution >= 4 is 5.78 Å². The van der Waals surface area contributed by atoms with Gasteiger partial charge in [0.1, 0.15) is 5.82 Å². The highest BCUT2D eigenvalue weighted by molar-refractivity contribution is 5.98. The first-order valence-electron chi connectivity index (χ1n) is 6.26. The van der Waals surface area contributed by atoms with E-state index in [1.54, 1.807) is 0 Å². The van der Waals surface area contributed by atoms with E-state index < -0.39 is 29.6 Å². The summed E-state index contributed by atoms with van der Waals surface area (Å²) in [5, 5.41) is 0. The van der Waals surface area contributed by atoms with Crippen molar-refractivity contribution in [3.8, 4) is 0 Å². The maximum absolute atomic E-state index is 12.9. The van der Waals surface area contributed by atoms with E-state index in [0.717, 1.165) is 12.1 Å². The molecule has 5 heteroatoms. The van der Waals surface area contributed by atoms with Gasteiger partial charge in [0.25, 0.3) is 0 Å². The summed E-state index contributed by atoms with van der Waals surface area (Å²) < 4.78 is 51.5. The minimum Gasteiger partial charge on any atom is -0.294 e. The van der Waals surface area contributed by atoms with E-state index in [4.69, 9.17) is 0 Å². The van der Waals surface area contributed by atoms with Gasteiger partial charge in [-0.3, -0.25) is 4.79 Å². The number of hydrogen-bond acceptors (Lipinski definition) is 1. The zero-order valence-corrected chi connectivity index (χ0v) is 10.2. The van der Waals surface area contributed by atoms with Gasteiger partial charge in [-0.1, -0.05) is 12.8 Å². The van der Waals surface area contributed by atoms with E-state index in [-0.39, 0.29) is 18.4 Å². The molecule has 1 fully saturated rings. The largest absolute Gasteiger partial charge is 0.392 e. The van der Waals surface area contributed by atoms with E-state index in [1.807, 2.05) is 0 Å². The van der Waals surface area contributed by atoms with Crippen LogP contribution in [0.3, 0.4) is 0 Å². The van der Waals surface area contributed by atoms with Crippen molar-refractivity contribution in [3.63, 3.8) is 0 Å². The standard InChI is InChI=1S/C14H14F4O/c15-10-7-5-9(6-8-10)13(19)11-3-1-2-4-12(11)14(16,17)18/h5-8,11-12H,1-4H2. The van der Waals surface area contributed by atoms with Crippen molar-refractivity contribution in [2.75, 3.05) is 0 Å². The van der Waals surface area contributed by atoms with E-state index in [1.165, 1.54) is 12.1 Å². The van der Waals surface area contributed by atoms with Crippen molar-refractivity contribution in [1.29, 1.82) is 0 Å². The Morgan fingerprint density at radius 3 is 2.21 bits per heavy atom. The first-order chi connectivity index (χ1) is 8.89. The molecule has 0 saturated heterocycles. The maximum Gasteiger partial charge on any atom is 0.392 e. The highest BCUT2D eigenvalue weighted by Crippen LogP contribution is 2.42. The molecule has 2 unspecified atom stereocenters. The SMILES string of the molecule is O=C(c1ccc(F)cc1)C1CCCCC1C(F)(F)F. The number of benzene rings is 1.